The molecule has 1 aromatic carbocycles. The van der Waals surface area contributed by atoms with E-state index in [1.54, 1.807) is 25.3 Å². The van der Waals surface area contributed by atoms with Gasteiger partial charge in [-0.3, -0.25) is 0 Å². The fourth-order valence-corrected chi connectivity index (χ4v) is 0.976. The molecule has 0 aliphatic heterocycles. The van der Waals surface area contributed by atoms with Gasteiger partial charge in [-0.15, -0.1) is 0 Å². The largest absolute Gasteiger partial charge is 0.494 e. The maximum absolute atomic E-state index is 10.1. The van der Waals surface area contributed by atoms with E-state index in [-0.39, 0.29) is 11.5 Å². The molecule has 0 saturated carbocycles. The van der Waals surface area contributed by atoms with E-state index in [2.05, 4.69) is 4.36 Å². The first-order valence-electron chi connectivity index (χ1n) is 3.01. The lowest BCUT2D eigenvalue weighted by atomic mass is 10.3. The van der Waals surface area contributed by atoms with Crippen molar-refractivity contribution in [2.24, 2.45) is 4.36 Å². The first kappa shape index (κ1) is 7.94. The van der Waals surface area contributed by atoms with Gasteiger partial charge < -0.3 is 4.74 Å². The van der Waals surface area contributed by atoms with Crippen molar-refractivity contribution in [3.05, 3.63) is 24.3 Å². The van der Waals surface area contributed by atoms with Gasteiger partial charge in [-0.1, -0.05) is 12.1 Å². The third-order valence-electron chi connectivity index (χ3n) is 1.22. The van der Waals surface area contributed by atoms with Crippen molar-refractivity contribution in [3.8, 4) is 5.75 Å². The molecule has 0 aliphatic rings. The van der Waals surface area contributed by atoms with Gasteiger partial charge in [0, 0.05) is 0 Å². The minimum atomic E-state index is 0.179. The van der Waals surface area contributed by atoms with Crippen molar-refractivity contribution >= 4 is 17.2 Å². The minimum absolute atomic E-state index is 0.179. The molecule has 0 aliphatic carbocycles. The summed E-state index contributed by atoms with van der Waals surface area (Å²) >= 11 is 0.179. The molecule has 1 rings (SSSR count). The highest BCUT2D eigenvalue weighted by Crippen LogP contribution is 2.25. The Morgan fingerprint density at radius 2 is 2.18 bits per heavy atom. The van der Waals surface area contributed by atoms with E-state index >= 15 is 0 Å². The van der Waals surface area contributed by atoms with Gasteiger partial charge in [0.25, 0.3) is 0 Å². The average Bonchev–Trinajstić information content (AvgIpc) is 2.06. The van der Waals surface area contributed by atoms with Crippen LogP contribution in [0.15, 0.2) is 28.6 Å². The van der Waals surface area contributed by atoms with Crippen LogP contribution in [0.1, 0.15) is 0 Å². The Hall–Kier alpha value is -1.16. The van der Waals surface area contributed by atoms with Gasteiger partial charge in [0.2, 0.25) is 11.5 Å². The van der Waals surface area contributed by atoms with Crippen LogP contribution < -0.4 is 4.74 Å². The summed E-state index contributed by atoms with van der Waals surface area (Å²) in [6, 6.07) is 7.11. The number of hydrogen-bond donors (Lipinski definition) is 0. The van der Waals surface area contributed by atoms with Crippen molar-refractivity contribution in [1.82, 2.24) is 0 Å². The molecule has 0 heterocycles. The van der Waals surface area contributed by atoms with E-state index in [0.717, 1.165) is 0 Å². The summed E-state index contributed by atoms with van der Waals surface area (Å²) in [5.41, 5.74) is 0.579. The van der Waals surface area contributed by atoms with Crippen LogP contribution in [0, 0.1) is 0 Å². The normalized spacial score (nSPS) is 8.82. The van der Waals surface area contributed by atoms with Crippen LogP contribution in [0.4, 0.5) is 5.69 Å². The molecule has 0 bridgehead atoms. The molecule has 4 heteroatoms. The zero-order valence-electron chi connectivity index (χ0n) is 5.98. The lowest BCUT2D eigenvalue weighted by Crippen LogP contribution is -1.81. The topological polar surface area (TPSA) is 38.7 Å². The molecular weight excluding hydrogens is 162 g/mol. The number of methoxy groups -OCH3 is 1. The molecule has 0 aromatic heterocycles. The molecule has 0 unspecified atom stereocenters. The maximum Gasteiger partial charge on any atom is 0.205 e. The van der Waals surface area contributed by atoms with Crippen LogP contribution in [-0.2, 0) is 11.5 Å². The Morgan fingerprint density at radius 1 is 1.45 bits per heavy atom. The van der Waals surface area contributed by atoms with Gasteiger partial charge in [-0.2, -0.15) is 8.57 Å². The van der Waals surface area contributed by atoms with Crippen LogP contribution in [0.3, 0.4) is 0 Å². The van der Waals surface area contributed by atoms with Gasteiger partial charge in [0.05, 0.1) is 7.11 Å². The molecule has 0 atom stereocenters. The fraction of sp³-hybridized carbons (Fsp3) is 0.143. The summed E-state index contributed by atoms with van der Waals surface area (Å²) in [6.45, 7) is 0. The van der Waals surface area contributed by atoms with Crippen LogP contribution in [-0.4, -0.2) is 11.3 Å². The second kappa shape index (κ2) is 3.88. The van der Waals surface area contributed by atoms with E-state index in [9.17, 15) is 4.21 Å². The standard InChI is InChI=1S/C7H7NO2S/c1-10-7-5-3-2-4-6(7)8-11-9/h2-5H,1H3. The fourth-order valence-electron chi connectivity index (χ4n) is 0.745. The Kier molecular flexibility index (Phi) is 2.80. The Morgan fingerprint density at radius 3 is 2.82 bits per heavy atom. The van der Waals surface area contributed by atoms with E-state index in [1.807, 2.05) is 6.07 Å². The summed E-state index contributed by atoms with van der Waals surface area (Å²) in [5.74, 6) is 0.621. The van der Waals surface area contributed by atoms with Crippen LogP contribution in [0.5, 0.6) is 5.75 Å². The zero-order chi connectivity index (χ0) is 8.10. The van der Waals surface area contributed by atoms with Gasteiger partial charge in [0.1, 0.15) is 11.4 Å². The third kappa shape index (κ3) is 1.88. The molecule has 11 heavy (non-hydrogen) atoms. The molecule has 58 valence electrons. The maximum atomic E-state index is 10.1. The first-order valence-corrected chi connectivity index (χ1v) is 3.71. The molecule has 3 nitrogen and oxygen atoms in total. The number of ether oxygens (including phenoxy) is 1. The van der Waals surface area contributed by atoms with Gasteiger partial charge in [0.15, 0.2) is 0 Å². The Labute approximate surface area is 68.3 Å². The molecule has 0 saturated heterocycles. The minimum Gasteiger partial charge on any atom is -0.494 e. The predicted molar refractivity (Wildman–Crippen MR) is 43.2 cm³/mol. The SMILES string of the molecule is COc1ccccc1N=S=O. The lowest BCUT2D eigenvalue weighted by Gasteiger charge is -1.99. The van der Waals surface area contributed by atoms with Gasteiger partial charge >= 0.3 is 0 Å². The highest BCUT2D eigenvalue weighted by atomic mass is 32.1. The van der Waals surface area contributed by atoms with Crippen molar-refractivity contribution in [3.63, 3.8) is 0 Å². The Bertz CT molecular complexity index is 294. The average molecular weight is 169 g/mol. The highest BCUT2D eigenvalue weighted by molar-refractivity contribution is 7.54. The number of para-hydroxylation sites is 1. The summed E-state index contributed by atoms with van der Waals surface area (Å²) in [7, 11) is 1.55. The molecule has 0 fully saturated rings. The Balaban J connectivity index is 3.11. The van der Waals surface area contributed by atoms with E-state index in [1.165, 1.54) is 0 Å². The van der Waals surface area contributed by atoms with E-state index < -0.39 is 0 Å². The zero-order valence-corrected chi connectivity index (χ0v) is 6.80. The highest BCUT2D eigenvalue weighted by Gasteiger charge is 1.96. The first-order chi connectivity index (χ1) is 5.38. The summed E-state index contributed by atoms with van der Waals surface area (Å²) in [5, 5.41) is 0. The molecule has 0 radical (unpaired) electrons. The van der Waals surface area contributed by atoms with Gasteiger partial charge in [-0.25, -0.2) is 0 Å². The van der Waals surface area contributed by atoms with Crippen LogP contribution in [0.25, 0.3) is 0 Å². The van der Waals surface area contributed by atoms with Crippen molar-refractivity contribution < 1.29 is 8.95 Å². The lowest BCUT2D eigenvalue weighted by molar-refractivity contribution is 0.416. The van der Waals surface area contributed by atoms with Crippen molar-refractivity contribution in [2.45, 2.75) is 0 Å². The van der Waals surface area contributed by atoms with Gasteiger partial charge in [-0.05, 0) is 12.1 Å². The van der Waals surface area contributed by atoms with E-state index in [4.69, 9.17) is 4.74 Å². The molecule has 0 spiro atoms. The predicted octanol–water partition coefficient (Wildman–Crippen LogP) is 1.72. The summed E-state index contributed by atoms with van der Waals surface area (Å²) in [6.07, 6.45) is 0. The monoisotopic (exact) mass is 169 g/mol. The van der Waals surface area contributed by atoms with Crippen LogP contribution >= 0.6 is 0 Å². The second-order valence-corrected chi connectivity index (χ2v) is 2.17. The second-order valence-electron chi connectivity index (χ2n) is 1.84. The summed E-state index contributed by atoms with van der Waals surface area (Å²) < 4.78 is 18.6. The number of benzene rings is 1. The number of nitrogens with zero attached hydrogens (tertiary/aromatic N) is 1. The molecular formula is C7H7NO2S. The van der Waals surface area contributed by atoms with Crippen molar-refractivity contribution in [2.75, 3.05) is 7.11 Å². The van der Waals surface area contributed by atoms with E-state index in [0.29, 0.717) is 11.4 Å². The number of rotatable bonds is 2. The third-order valence-corrected chi connectivity index (χ3v) is 1.49. The molecule has 1 aromatic rings. The molecule has 0 amide bonds. The van der Waals surface area contributed by atoms with Crippen molar-refractivity contribution in [1.29, 1.82) is 0 Å². The summed E-state index contributed by atoms with van der Waals surface area (Å²) in [4.78, 5) is 0. The quantitative estimate of drug-likeness (QED) is 0.676. The van der Waals surface area contributed by atoms with Crippen LogP contribution in [0.2, 0.25) is 0 Å². The smallest absolute Gasteiger partial charge is 0.205 e. The molecule has 0 N–H and O–H groups in total. The number of hydrogen-bond acceptors (Lipinski definition) is 3.